The van der Waals surface area contributed by atoms with Crippen LogP contribution >= 0.6 is 12.2 Å². The minimum atomic E-state index is -0.682. The van der Waals surface area contributed by atoms with E-state index >= 15 is 0 Å². The fourth-order valence-corrected chi connectivity index (χ4v) is 1.79. The van der Waals surface area contributed by atoms with E-state index in [2.05, 4.69) is 15.8 Å². The van der Waals surface area contributed by atoms with Gasteiger partial charge in [0.15, 0.2) is 5.11 Å². The van der Waals surface area contributed by atoms with Gasteiger partial charge in [0.25, 0.3) is 0 Å². The van der Waals surface area contributed by atoms with E-state index in [4.69, 9.17) is 12.2 Å². The van der Waals surface area contributed by atoms with Crippen molar-refractivity contribution in [3.05, 3.63) is 65.2 Å². The normalized spacial score (nSPS) is 10.6. The van der Waals surface area contributed by atoms with Crippen molar-refractivity contribution in [2.75, 3.05) is 5.32 Å². The lowest BCUT2D eigenvalue weighted by molar-refractivity contribution is 0.582. The molecule has 108 valence electrons. The Morgan fingerprint density at radius 1 is 1.19 bits per heavy atom. The van der Waals surface area contributed by atoms with E-state index in [-0.39, 0.29) is 10.7 Å². The Balaban J connectivity index is 1.95. The summed E-state index contributed by atoms with van der Waals surface area (Å²) in [6, 6.07) is 10.9. The molecule has 0 bridgehead atoms. The van der Waals surface area contributed by atoms with Crippen LogP contribution in [0.5, 0.6) is 0 Å². The van der Waals surface area contributed by atoms with E-state index in [0.717, 1.165) is 23.4 Å². The van der Waals surface area contributed by atoms with E-state index in [1.165, 1.54) is 12.3 Å². The average molecular weight is 305 g/mol. The van der Waals surface area contributed by atoms with Crippen LogP contribution in [0.2, 0.25) is 0 Å². The van der Waals surface area contributed by atoms with E-state index in [0.29, 0.717) is 0 Å². The van der Waals surface area contributed by atoms with Gasteiger partial charge in [-0.15, -0.1) is 0 Å². The highest BCUT2D eigenvalue weighted by Crippen LogP contribution is 2.12. The van der Waals surface area contributed by atoms with Crippen LogP contribution in [-0.4, -0.2) is 11.3 Å². The van der Waals surface area contributed by atoms with Crippen molar-refractivity contribution < 1.29 is 8.78 Å². The first kappa shape index (κ1) is 15.1. The molecular formula is C15H13F2N3S. The second kappa shape index (κ2) is 6.90. The SMILES string of the molecule is Cc1ccccc1NC(=S)N/N=C\c1ccc(F)cc1F. The van der Waals surface area contributed by atoms with Gasteiger partial charge in [0, 0.05) is 17.3 Å². The van der Waals surface area contributed by atoms with Crippen molar-refractivity contribution in [1.29, 1.82) is 0 Å². The summed E-state index contributed by atoms with van der Waals surface area (Å²) in [6.45, 7) is 1.95. The molecule has 2 aromatic rings. The molecule has 0 atom stereocenters. The number of anilines is 1. The molecule has 0 aliphatic heterocycles. The molecule has 2 N–H and O–H groups in total. The quantitative estimate of drug-likeness (QED) is 0.517. The minimum absolute atomic E-state index is 0.169. The van der Waals surface area contributed by atoms with Gasteiger partial charge in [-0.05, 0) is 42.9 Å². The predicted molar refractivity (Wildman–Crippen MR) is 84.5 cm³/mol. The Bertz CT molecular complexity index is 686. The number of nitrogens with one attached hydrogen (secondary N) is 2. The molecule has 21 heavy (non-hydrogen) atoms. The lowest BCUT2D eigenvalue weighted by Crippen LogP contribution is -2.24. The molecule has 0 saturated carbocycles. The zero-order chi connectivity index (χ0) is 15.2. The van der Waals surface area contributed by atoms with Gasteiger partial charge in [-0.1, -0.05) is 18.2 Å². The van der Waals surface area contributed by atoms with Gasteiger partial charge in [0.05, 0.1) is 6.21 Å². The van der Waals surface area contributed by atoms with Crippen molar-refractivity contribution >= 4 is 29.2 Å². The van der Waals surface area contributed by atoms with E-state index in [9.17, 15) is 8.78 Å². The molecular weight excluding hydrogens is 292 g/mol. The summed E-state index contributed by atoms with van der Waals surface area (Å²) in [7, 11) is 0. The monoisotopic (exact) mass is 305 g/mol. The van der Waals surface area contributed by atoms with Crippen molar-refractivity contribution in [1.82, 2.24) is 5.43 Å². The van der Waals surface area contributed by atoms with Crippen LogP contribution in [0.1, 0.15) is 11.1 Å². The van der Waals surface area contributed by atoms with Gasteiger partial charge in [0.1, 0.15) is 11.6 Å². The first-order valence-electron chi connectivity index (χ1n) is 6.17. The molecule has 0 spiro atoms. The van der Waals surface area contributed by atoms with Gasteiger partial charge in [-0.25, -0.2) is 8.78 Å². The van der Waals surface area contributed by atoms with Crippen LogP contribution in [-0.2, 0) is 0 Å². The van der Waals surface area contributed by atoms with Crippen LogP contribution in [0, 0.1) is 18.6 Å². The van der Waals surface area contributed by atoms with Gasteiger partial charge in [-0.2, -0.15) is 5.10 Å². The number of benzene rings is 2. The molecule has 0 unspecified atom stereocenters. The molecule has 0 aromatic heterocycles. The zero-order valence-corrected chi connectivity index (χ0v) is 12.0. The summed E-state index contributed by atoms with van der Waals surface area (Å²) < 4.78 is 26.1. The third kappa shape index (κ3) is 4.32. The summed E-state index contributed by atoms with van der Waals surface area (Å²) in [6.07, 6.45) is 1.24. The van der Waals surface area contributed by atoms with E-state index in [1.807, 2.05) is 31.2 Å². The first-order valence-corrected chi connectivity index (χ1v) is 6.58. The maximum atomic E-state index is 13.4. The Morgan fingerprint density at radius 3 is 2.67 bits per heavy atom. The summed E-state index contributed by atoms with van der Waals surface area (Å²) >= 11 is 5.07. The maximum absolute atomic E-state index is 13.4. The summed E-state index contributed by atoms with van der Waals surface area (Å²) in [5.74, 6) is -1.31. The summed E-state index contributed by atoms with van der Waals surface area (Å²) in [5, 5.41) is 7.07. The van der Waals surface area contributed by atoms with Crippen molar-refractivity contribution in [3.8, 4) is 0 Å². The first-order chi connectivity index (χ1) is 10.1. The van der Waals surface area contributed by atoms with Crippen LogP contribution in [0.15, 0.2) is 47.6 Å². The third-order valence-electron chi connectivity index (χ3n) is 2.73. The molecule has 0 heterocycles. The summed E-state index contributed by atoms with van der Waals surface area (Å²) in [5.41, 5.74) is 4.64. The molecule has 0 aliphatic rings. The number of aryl methyl sites for hydroxylation is 1. The van der Waals surface area contributed by atoms with E-state index < -0.39 is 11.6 Å². The van der Waals surface area contributed by atoms with Gasteiger partial charge < -0.3 is 5.32 Å². The molecule has 0 saturated heterocycles. The molecule has 0 fully saturated rings. The number of hydrogen-bond donors (Lipinski definition) is 2. The van der Waals surface area contributed by atoms with E-state index in [1.54, 1.807) is 0 Å². The number of para-hydroxylation sites is 1. The standard InChI is InChI=1S/C15H13F2N3S/c1-10-4-2-3-5-14(10)19-15(21)20-18-9-11-6-7-12(16)8-13(11)17/h2-9H,1H3,(H2,19,20,21)/b18-9-. The van der Waals surface area contributed by atoms with Crippen LogP contribution in [0.3, 0.4) is 0 Å². The fraction of sp³-hybridized carbons (Fsp3) is 0.0667. The largest absolute Gasteiger partial charge is 0.331 e. The number of rotatable bonds is 3. The highest BCUT2D eigenvalue weighted by molar-refractivity contribution is 7.80. The smallest absolute Gasteiger partial charge is 0.191 e. The second-order valence-electron chi connectivity index (χ2n) is 4.30. The second-order valence-corrected chi connectivity index (χ2v) is 4.71. The Morgan fingerprint density at radius 2 is 1.95 bits per heavy atom. The molecule has 0 amide bonds. The molecule has 0 aliphatic carbocycles. The van der Waals surface area contributed by atoms with Crippen molar-refractivity contribution in [2.24, 2.45) is 5.10 Å². The lowest BCUT2D eigenvalue weighted by atomic mass is 10.2. The Hall–Kier alpha value is -2.34. The van der Waals surface area contributed by atoms with Gasteiger partial charge in [0.2, 0.25) is 0 Å². The van der Waals surface area contributed by atoms with Crippen LogP contribution in [0.25, 0.3) is 0 Å². The van der Waals surface area contributed by atoms with Gasteiger partial charge in [-0.3, -0.25) is 5.43 Å². The highest BCUT2D eigenvalue weighted by Gasteiger charge is 2.01. The molecule has 3 nitrogen and oxygen atoms in total. The van der Waals surface area contributed by atoms with Crippen molar-refractivity contribution in [3.63, 3.8) is 0 Å². The fourth-order valence-electron chi connectivity index (χ4n) is 1.63. The Kier molecular flexibility index (Phi) is 4.94. The lowest BCUT2D eigenvalue weighted by Gasteiger charge is -2.09. The van der Waals surface area contributed by atoms with Crippen molar-refractivity contribution in [2.45, 2.75) is 6.92 Å². The third-order valence-corrected chi connectivity index (χ3v) is 2.92. The van der Waals surface area contributed by atoms with Crippen LogP contribution in [0.4, 0.5) is 14.5 Å². The zero-order valence-electron chi connectivity index (χ0n) is 11.2. The number of halogens is 2. The topological polar surface area (TPSA) is 36.4 Å². The van der Waals surface area contributed by atoms with Gasteiger partial charge >= 0.3 is 0 Å². The Labute approximate surface area is 126 Å². The minimum Gasteiger partial charge on any atom is -0.331 e. The molecule has 0 radical (unpaired) electrons. The molecule has 6 heteroatoms. The molecule has 2 rings (SSSR count). The average Bonchev–Trinajstić information content (AvgIpc) is 2.44. The number of hydrazone groups is 1. The van der Waals surface area contributed by atoms with Crippen LogP contribution < -0.4 is 10.7 Å². The highest BCUT2D eigenvalue weighted by atomic mass is 32.1. The maximum Gasteiger partial charge on any atom is 0.191 e. The predicted octanol–water partition coefficient (Wildman–Crippen LogP) is 3.59. The summed E-state index contributed by atoms with van der Waals surface area (Å²) in [4.78, 5) is 0. The number of thiocarbonyl (C=S) groups is 1. The number of hydrogen-bond acceptors (Lipinski definition) is 2. The molecule has 2 aromatic carbocycles. The number of nitrogens with zero attached hydrogens (tertiary/aromatic N) is 1.